The highest BCUT2D eigenvalue weighted by atomic mass is 19.4. The lowest BCUT2D eigenvalue weighted by molar-refractivity contribution is -0.155. The van der Waals surface area contributed by atoms with Crippen molar-refractivity contribution in [1.82, 2.24) is 15.0 Å². The van der Waals surface area contributed by atoms with Crippen LogP contribution in [0.15, 0.2) is 66.1 Å². The van der Waals surface area contributed by atoms with Crippen LogP contribution >= 0.6 is 0 Å². The van der Waals surface area contributed by atoms with Crippen LogP contribution in [0, 0.1) is 24.5 Å². The summed E-state index contributed by atoms with van der Waals surface area (Å²) in [6.07, 6.45) is -3.61. The molecule has 3 aromatic rings. The van der Waals surface area contributed by atoms with E-state index >= 15 is 0 Å². The minimum Gasteiger partial charge on any atom is -0.510 e. The van der Waals surface area contributed by atoms with Gasteiger partial charge in [0, 0.05) is 35.6 Å². The highest BCUT2D eigenvalue weighted by Gasteiger charge is 2.43. The van der Waals surface area contributed by atoms with Crippen molar-refractivity contribution < 1.29 is 36.6 Å². The monoisotopic (exact) mass is 574 g/mol. The second-order valence-electron chi connectivity index (χ2n) is 10.0. The molecule has 0 saturated carbocycles. The fourth-order valence-electron chi connectivity index (χ4n) is 4.74. The number of hydrogen-bond donors (Lipinski definition) is 2. The van der Waals surface area contributed by atoms with Gasteiger partial charge in [0.15, 0.2) is 11.6 Å². The third kappa shape index (κ3) is 5.92. The van der Waals surface area contributed by atoms with Crippen LogP contribution in [0.3, 0.4) is 0 Å². The summed E-state index contributed by atoms with van der Waals surface area (Å²) in [5.74, 6) is -5.01. The summed E-state index contributed by atoms with van der Waals surface area (Å²) in [6, 6.07) is 9.48. The first-order chi connectivity index (χ1) is 19.2. The number of nitrogens with zero attached hydrogens (tertiary/aromatic N) is 3. The van der Waals surface area contributed by atoms with E-state index < -0.39 is 59.2 Å². The van der Waals surface area contributed by atoms with Crippen molar-refractivity contribution in [1.29, 1.82) is 0 Å². The Morgan fingerprint density at radius 2 is 1.83 bits per heavy atom. The van der Waals surface area contributed by atoms with E-state index in [9.17, 15) is 36.6 Å². The molecule has 0 unspecified atom stereocenters. The molecule has 2 heterocycles. The standard InChI is InChI=1S/C29H27F5N4O3/c1-15(2)25-26(39)23(28(41)38(37(25)4)14-18-6-5-7-20(30)24(18)31)27(40)36-21-10-8-16(3)12-19(21)17-9-11-22(35-13-17)29(32,33)34/h5-13,15,25,39H,14H2,1-4H3,(H,36,40)/t25-/m1/s1. The lowest BCUT2D eigenvalue weighted by atomic mass is 9.95. The number of benzene rings is 2. The molecule has 41 heavy (non-hydrogen) atoms. The highest BCUT2D eigenvalue weighted by molar-refractivity contribution is 6.24. The fraction of sp³-hybridized carbons (Fsp3) is 0.276. The Kier molecular flexibility index (Phi) is 8.16. The number of hydrogen-bond acceptors (Lipinski definition) is 5. The molecule has 216 valence electrons. The minimum absolute atomic E-state index is 0.135. The summed E-state index contributed by atoms with van der Waals surface area (Å²) in [4.78, 5) is 30.6. The molecule has 1 aromatic heterocycles. The normalized spacial score (nSPS) is 16.5. The number of nitrogens with one attached hydrogen (secondary N) is 1. The third-order valence-electron chi connectivity index (χ3n) is 6.77. The van der Waals surface area contributed by atoms with E-state index in [1.54, 1.807) is 32.9 Å². The van der Waals surface area contributed by atoms with Crippen molar-refractivity contribution in [2.24, 2.45) is 5.92 Å². The van der Waals surface area contributed by atoms with E-state index in [0.29, 0.717) is 5.56 Å². The summed E-state index contributed by atoms with van der Waals surface area (Å²) in [7, 11) is 1.49. The van der Waals surface area contributed by atoms with Crippen LogP contribution in [0.25, 0.3) is 11.1 Å². The smallest absolute Gasteiger partial charge is 0.433 e. The predicted octanol–water partition coefficient (Wildman–Crippen LogP) is 6.02. The average Bonchev–Trinajstić information content (AvgIpc) is 2.89. The zero-order valence-corrected chi connectivity index (χ0v) is 22.6. The van der Waals surface area contributed by atoms with E-state index in [0.717, 1.165) is 28.9 Å². The number of alkyl halides is 3. The van der Waals surface area contributed by atoms with Gasteiger partial charge in [0.25, 0.3) is 11.8 Å². The molecular weight excluding hydrogens is 547 g/mol. The van der Waals surface area contributed by atoms with Crippen LogP contribution in [-0.4, -0.2) is 45.0 Å². The maximum Gasteiger partial charge on any atom is 0.433 e. The van der Waals surface area contributed by atoms with Crippen molar-refractivity contribution in [2.45, 2.75) is 39.5 Å². The van der Waals surface area contributed by atoms with Gasteiger partial charge in [-0.1, -0.05) is 43.7 Å². The first-order valence-corrected chi connectivity index (χ1v) is 12.6. The SMILES string of the molecule is Cc1ccc(NC(=O)C2=C(O)[C@@H](C(C)C)N(C)N(Cc3cccc(F)c3F)C2=O)c(-c2ccc(C(F)(F)F)nc2)c1. The number of aryl methyl sites for hydroxylation is 1. The molecule has 4 rings (SSSR count). The topological polar surface area (TPSA) is 85.8 Å². The molecule has 2 N–H and O–H groups in total. The van der Waals surface area contributed by atoms with E-state index in [4.69, 9.17) is 0 Å². The van der Waals surface area contributed by atoms with Gasteiger partial charge in [-0.3, -0.25) is 19.6 Å². The van der Waals surface area contributed by atoms with Crippen molar-refractivity contribution >= 4 is 17.5 Å². The van der Waals surface area contributed by atoms with Crippen LogP contribution in [0.4, 0.5) is 27.6 Å². The zero-order valence-electron chi connectivity index (χ0n) is 22.6. The van der Waals surface area contributed by atoms with Crippen molar-refractivity contribution in [3.8, 4) is 11.1 Å². The van der Waals surface area contributed by atoms with Gasteiger partial charge in [0.2, 0.25) is 0 Å². The molecule has 0 bridgehead atoms. The van der Waals surface area contributed by atoms with Gasteiger partial charge in [-0.2, -0.15) is 13.2 Å². The number of amides is 2. The quantitative estimate of drug-likeness (QED) is 0.278. The van der Waals surface area contributed by atoms with Crippen molar-refractivity contribution in [2.75, 3.05) is 12.4 Å². The second kappa shape index (κ2) is 11.3. The molecule has 0 aliphatic carbocycles. The molecule has 2 amide bonds. The molecule has 2 aromatic carbocycles. The summed E-state index contributed by atoms with van der Waals surface area (Å²) in [5, 5.41) is 16.1. The van der Waals surface area contributed by atoms with Crippen LogP contribution < -0.4 is 5.32 Å². The molecule has 0 spiro atoms. The Labute approximate surface area is 232 Å². The van der Waals surface area contributed by atoms with E-state index in [2.05, 4.69) is 10.3 Å². The molecular formula is C29H27F5N4O3. The lowest BCUT2D eigenvalue weighted by Crippen LogP contribution is -2.57. The van der Waals surface area contributed by atoms with Gasteiger partial charge in [0.1, 0.15) is 17.0 Å². The minimum atomic E-state index is -4.63. The van der Waals surface area contributed by atoms with Gasteiger partial charge in [0.05, 0.1) is 12.6 Å². The number of anilines is 1. The molecule has 0 radical (unpaired) electrons. The molecule has 0 saturated heterocycles. The number of aromatic nitrogens is 1. The number of aliphatic hydroxyl groups is 1. The Bertz CT molecular complexity index is 1520. The molecule has 0 fully saturated rings. The largest absolute Gasteiger partial charge is 0.510 e. The first kappa shape index (κ1) is 29.7. The van der Waals surface area contributed by atoms with E-state index in [1.807, 2.05) is 0 Å². The molecule has 1 aliphatic heterocycles. The van der Waals surface area contributed by atoms with Crippen molar-refractivity contribution in [3.05, 3.63) is 94.5 Å². The Balaban J connectivity index is 1.71. The van der Waals surface area contributed by atoms with E-state index in [1.165, 1.54) is 36.3 Å². The van der Waals surface area contributed by atoms with Crippen LogP contribution in [0.1, 0.15) is 30.7 Å². The highest BCUT2D eigenvalue weighted by Crippen LogP contribution is 2.34. The first-order valence-electron chi connectivity index (χ1n) is 12.6. The number of aliphatic hydroxyl groups excluding tert-OH is 1. The van der Waals surface area contributed by atoms with Gasteiger partial charge in [-0.05, 0) is 37.1 Å². The molecule has 7 nitrogen and oxygen atoms in total. The maximum absolute atomic E-state index is 14.5. The number of rotatable bonds is 6. The maximum atomic E-state index is 14.5. The molecule has 12 heteroatoms. The van der Waals surface area contributed by atoms with Crippen molar-refractivity contribution in [3.63, 3.8) is 0 Å². The fourth-order valence-corrected chi connectivity index (χ4v) is 4.74. The van der Waals surface area contributed by atoms with E-state index in [-0.39, 0.29) is 22.7 Å². The Hall–Kier alpha value is -4.32. The number of carbonyl (C=O) groups excluding carboxylic acids is 2. The van der Waals surface area contributed by atoms with Crippen LogP contribution in [0.2, 0.25) is 0 Å². The van der Waals surface area contributed by atoms with Gasteiger partial charge >= 0.3 is 6.18 Å². The van der Waals surface area contributed by atoms with Crippen LogP contribution in [0.5, 0.6) is 0 Å². The summed E-state index contributed by atoms with van der Waals surface area (Å²) < 4.78 is 67.4. The third-order valence-corrected chi connectivity index (χ3v) is 6.77. The lowest BCUT2D eigenvalue weighted by Gasteiger charge is -2.43. The number of hydrazine groups is 1. The Morgan fingerprint density at radius 1 is 1.12 bits per heavy atom. The number of carbonyl (C=O) groups is 2. The number of likely N-dealkylation sites (N-methyl/N-ethyl adjacent to an activating group) is 1. The number of pyridine rings is 1. The van der Waals surface area contributed by atoms with Gasteiger partial charge < -0.3 is 10.4 Å². The summed E-state index contributed by atoms with van der Waals surface area (Å²) in [6.45, 7) is 4.83. The zero-order chi connectivity index (χ0) is 30.2. The van der Waals surface area contributed by atoms with Gasteiger partial charge in [-0.25, -0.2) is 13.8 Å². The predicted molar refractivity (Wildman–Crippen MR) is 141 cm³/mol. The molecule has 1 atom stereocenters. The molecule has 1 aliphatic rings. The number of halogens is 5. The van der Waals surface area contributed by atoms with Crippen LogP contribution in [-0.2, 0) is 22.3 Å². The van der Waals surface area contributed by atoms with Gasteiger partial charge in [-0.15, -0.1) is 0 Å². The summed E-state index contributed by atoms with van der Waals surface area (Å²) in [5.41, 5.74) is -0.329. The average molecular weight is 575 g/mol. The Morgan fingerprint density at radius 3 is 2.44 bits per heavy atom. The summed E-state index contributed by atoms with van der Waals surface area (Å²) >= 11 is 0. The second-order valence-corrected chi connectivity index (χ2v) is 10.0.